The van der Waals surface area contributed by atoms with Crippen LogP contribution in [0.4, 0.5) is 4.39 Å². The lowest BCUT2D eigenvalue weighted by atomic mass is 9.44. The number of ketones is 2. The number of allylic oxidation sites excluding steroid dienone is 4. The van der Waals surface area contributed by atoms with Gasteiger partial charge in [0.1, 0.15) is 5.60 Å². The Labute approximate surface area is 197 Å². The molecule has 4 aliphatic carbocycles. The van der Waals surface area contributed by atoms with Crippen LogP contribution in [0, 0.1) is 28.6 Å². The Morgan fingerprint density at radius 3 is 2.53 bits per heavy atom. The molecule has 0 aromatic carbocycles. The van der Waals surface area contributed by atoms with E-state index >= 15 is 4.39 Å². The van der Waals surface area contributed by atoms with Crippen LogP contribution < -0.4 is 0 Å². The molecule has 0 heterocycles. The second kappa shape index (κ2) is 7.81. The van der Waals surface area contributed by atoms with Crippen LogP contribution in [0.25, 0.3) is 0 Å². The van der Waals surface area contributed by atoms with Gasteiger partial charge in [0.05, 0.1) is 19.1 Å². The normalized spacial score (nSPS) is 44.9. The van der Waals surface area contributed by atoms with Gasteiger partial charge in [0.2, 0.25) is 5.78 Å². The predicted octanol–water partition coefficient (Wildman–Crippen LogP) is 1.62. The highest BCUT2D eigenvalue weighted by Crippen LogP contribution is 2.70. The van der Waals surface area contributed by atoms with E-state index in [4.69, 9.17) is 9.47 Å². The van der Waals surface area contributed by atoms with Gasteiger partial charge in [-0.3, -0.25) is 19.2 Å². The van der Waals surface area contributed by atoms with Gasteiger partial charge >= 0.3 is 11.9 Å². The molecule has 8 atom stereocenters. The quantitative estimate of drug-likeness (QED) is 0.584. The van der Waals surface area contributed by atoms with Crippen molar-refractivity contribution in [1.29, 1.82) is 0 Å². The maximum Gasteiger partial charge on any atom is 0.312 e. The third-order valence-corrected chi connectivity index (χ3v) is 9.21. The third kappa shape index (κ3) is 2.95. The number of halogens is 1. The predicted molar refractivity (Wildman–Crippen MR) is 116 cm³/mol. The molecule has 0 aliphatic heterocycles. The number of hydrogen-bond acceptors (Lipinski definition) is 8. The minimum absolute atomic E-state index is 0.0215. The van der Waals surface area contributed by atoms with Gasteiger partial charge in [-0.25, -0.2) is 4.39 Å². The summed E-state index contributed by atoms with van der Waals surface area (Å²) in [6.07, 6.45) is 3.00. The number of methoxy groups -OCH3 is 1. The average molecular weight is 479 g/mol. The van der Waals surface area contributed by atoms with Crippen LogP contribution in [-0.2, 0) is 28.7 Å². The van der Waals surface area contributed by atoms with Crippen molar-refractivity contribution < 1.29 is 43.3 Å². The molecule has 0 radical (unpaired) electrons. The highest BCUT2D eigenvalue weighted by atomic mass is 19.1. The van der Waals surface area contributed by atoms with E-state index in [1.165, 1.54) is 18.2 Å². The summed E-state index contributed by atoms with van der Waals surface area (Å²) in [6, 6.07) is 0. The monoisotopic (exact) mass is 478 g/mol. The van der Waals surface area contributed by atoms with Gasteiger partial charge in [-0.2, -0.15) is 0 Å². The minimum Gasteiger partial charge on any atom is -0.469 e. The van der Waals surface area contributed by atoms with Crippen molar-refractivity contribution in [3.63, 3.8) is 0 Å². The van der Waals surface area contributed by atoms with Crippen molar-refractivity contribution in [2.45, 2.75) is 63.8 Å². The van der Waals surface area contributed by atoms with E-state index in [9.17, 15) is 29.4 Å². The van der Waals surface area contributed by atoms with Gasteiger partial charge in [-0.05, 0) is 50.7 Å². The first-order valence-corrected chi connectivity index (χ1v) is 11.6. The van der Waals surface area contributed by atoms with E-state index in [-0.39, 0.29) is 25.0 Å². The second-order valence-electron chi connectivity index (χ2n) is 10.5. The molecule has 3 saturated carbocycles. The van der Waals surface area contributed by atoms with Crippen molar-refractivity contribution in [1.82, 2.24) is 0 Å². The first-order chi connectivity index (χ1) is 15.8. The molecule has 34 heavy (non-hydrogen) atoms. The first kappa shape index (κ1) is 24.7. The number of alkyl halides is 1. The van der Waals surface area contributed by atoms with Crippen LogP contribution in [0.2, 0.25) is 0 Å². The number of carbonyl (C=O) groups excluding carboxylic acids is 4. The second-order valence-corrected chi connectivity index (χ2v) is 10.5. The molecular weight excluding hydrogens is 447 g/mol. The Bertz CT molecular complexity index is 1020. The number of aliphatic hydroxyl groups excluding tert-OH is 1. The standard InChI is InChI=1S/C25H31FO8/c1-13(27)34-12-20(30)25(32)18(21(31)33-4)10-17-16-6-5-14-9-15(28)7-8-22(14,2)24(16,26)19(29)11-23(17,25)3/h7-9,16-19,29,32H,5-6,10-12H2,1-4H3/t16?,17?,18-,19-,22-,23-,24-,25-/m0/s1. The lowest BCUT2D eigenvalue weighted by Gasteiger charge is -2.62. The molecule has 186 valence electrons. The molecule has 4 rings (SSSR count). The van der Waals surface area contributed by atoms with E-state index in [0.29, 0.717) is 12.0 Å². The van der Waals surface area contributed by atoms with Crippen LogP contribution >= 0.6 is 0 Å². The fraction of sp³-hybridized carbons (Fsp3) is 0.680. The Balaban J connectivity index is 1.82. The summed E-state index contributed by atoms with van der Waals surface area (Å²) in [5.74, 6) is -5.42. The number of hydrogen-bond donors (Lipinski definition) is 2. The topological polar surface area (TPSA) is 127 Å². The summed E-state index contributed by atoms with van der Waals surface area (Å²) in [4.78, 5) is 49.3. The highest BCUT2D eigenvalue weighted by Gasteiger charge is 2.77. The molecule has 3 fully saturated rings. The highest BCUT2D eigenvalue weighted by molar-refractivity contribution is 6.01. The summed E-state index contributed by atoms with van der Waals surface area (Å²) in [5.41, 5.74) is -6.52. The molecule has 0 amide bonds. The van der Waals surface area contributed by atoms with Gasteiger partial charge < -0.3 is 19.7 Å². The van der Waals surface area contributed by atoms with Crippen LogP contribution in [0.3, 0.4) is 0 Å². The van der Waals surface area contributed by atoms with Crippen LogP contribution in [0.15, 0.2) is 23.8 Å². The molecule has 4 aliphatic rings. The Morgan fingerprint density at radius 2 is 1.91 bits per heavy atom. The molecule has 0 saturated heterocycles. The van der Waals surface area contributed by atoms with Crippen molar-refractivity contribution in [2.24, 2.45) is 28.6 Å². The van der Waals surface area contributed by atoms with Gasteiger partial charge in [0, 0.05) is 23.7 Å². The zero-order valence-electron chi connectivity index (χ0n) is 19.8. The number of ether oxygens (including phenoxy) is 2. The zero-order chi connectivity index (χ0) is 25.3. The number of esters is 2. The lowest BCUT2D eigenvalue weighted by molar-refractivity contribution is -0.221. The van der Waals surface area contributed by atoms with E-state index in [1.807, 2.05) is 0 Å². The Hall–Kier alpha value is -2.39. The van der Waals surface area contributed by atoms with E-state index in [0.717, 1.165) is 14.0 Å². The summed E-state index contributed by atoms with van der Waals surface area (Å²) in [7, 11) is 1.14. The van der Waals surface area contributed by atoms with Crippen molar-refractivity contribution >= 4 is 23.5 Å². The maximum atomic E-state index is 17.2. The molecule has 0 aromatic heterocycles. The summed E-state index contributed by atoms with van der Waals surface area (Å²) < 4.78 is 26.9. The number of fused-ring (bicyclic) bond motifs is 5. The fourth-order valence-electron chi connectivity index (χ4n) is 7.45. The number of rotatable bonds is 4. The molecular formula is C25H31FO8. The van der Waals surface area contributed by atoms with Crippen LogP contribution in [-0.4, -0.2) is 64.8 Å². The van der Waals surface area contributed by atoms with E-state index in [1.54, 1.807) is 13.8 Å². The van der Waals surface area contributed by atoms with Crippen molar-refractivity contribution in [3.05, 3.63) is 23.8 Å². The number of aliphatic hydroxyl groups is 2. The zero-order valence-corrected chi connectivity index (χ0v) is 19.8. The van der Waals surface area contributed by atoms with Crippen molar-refractivity contribution in [3.8, 4) is 0 Å². The molecule has 8 nitrogen and oxygen atoms in total. The van der Waals surface area contributed by atoms with Gasteiger partial charge in [-0.1, -0.05) is 18.6 Å². The van der Waals surface area contributed by atoms with Crippen LogP contribution in [0.1, 0.15) is 46.5 Å². The Morgan fingerprint density at radius 1 is 1.24 bits per heavy atom. The van der Waals surface area contributed by atoms with Gasteiger partial charge in [0.25, 0.3) is 0 Å². The molecule has 9 heteroatoms. The summed E-state index contributed by atoms with van der Waals surface area (Å²) in [6.45, 7) is 3.61. The average Bonchev–Trinajstić information content (AvgIpc) is 3.01. The van der Waals surface area contributed by atoms with E-state index < -0.39 is 70.3 Å². The number of Topliss-reactive ketones (excluding diaryl/α,β-unsaturated/α-hetero) is 1. The molecule has 2 N–H and O–H groups in total. The molecule has 0 bridgehead atoms. The molecule has 0 spiro atoms. The Kier molecular flexibility index (Phi) is 5.68. The summed E-state index contributed by atoms with van der Waals surface area (Å²) in [5, 5.41) is 23.2. The third-order valence-electron chi connectivity index (χ3n) is 9.21. The molecule has 0 aromatic rings. The largest absolute Gasteiger partial charge is 0.469 e. The maximum absolute atomic E-state index is 17.2. The minimum atomic E-state index is -2.32. The number of carbonyl (C=O) groups is 4. The van der Waals surface area contributed by atoms with Crippen molar-refractivity contribution in [2.75, 3.05) is 13.7 Å². The first-order valence-electron chi connectivity index (χ1n) is 11.6. The van der Waals surface area contributed by atoms with Crippen LogP contribution in [0.5, 0.6) is 0 Å². The summed E-state index contributed by atoms with van der Waals surface area (Å²) >= 11 is 0. The van der Waals surface area contributed by atoms with Gasteiger partial charge in [0.15, 0.2) is 18.1 Å². The fourth-order valence-corrected chi connectivity index (χ4v) is 7.45. The SMILES string of the molecule is COC(=O)[C@@H]1CC2C3CCC4=CC(=O)C=C[C@]4(C)[C@@]3(F)[C@@H](O)C[C@]2(C)[C@@]1(O)C(=O)COC(C)=O. The molecule has 2 unspecified atom stereocenters. The lowest BCUT2D eigenvalue weighted by Crippen LogP contribution is -2.69. The smallest absolute Gasteiger partial charge is 0.312 e. The van der Waals surface area contributed by atoms with Gasteiger partial charge in [-0.15, -0.1) is 0 Å². The van der Waals surface area contributed by atoms with E-state index in [2.05, 4.69) is 0 Å².